The Morgan fingerprint density at radius 2 is 2.31 bits per heavy atom. The summed E-state index contributed by atoms with van der Waals surface area (Å²) in [6.07, 6.45) is 10.4. The molecule has 2 N–H and O–H groups in total. The van der Waals surface area contributed by atoms with Crippen LogP contribution in [0.5, 0.6) is 0 Å². The summed E-state index contributed by atoms with van der Waals surface area (Å²) >= 11 is 1.84. The highest BCUT2D eigenvalue weighted by Gasteiger charge is 2.66. The van der Waals surface area contributed by atoms with Crippen LogP contribution in [0.1, 0.15) is 31.4 Å². The van der Waals surface area contributed by atoms with Crippen molar-refractivity contribution in [1.29, 1.82) is 0 Å². The highest BCUT2D eigenvalue weighted by atomic mass is 127. The van der Waals surface area contributed by atoms with Gasteiger partial charge in [-0.3, -0.25) is 4.99 Å². The Labute approximate surface area is 177 Å². The van der Waals surface area contributed by atoms with Crippen LogP contribution < -0.4 is 10.6 Å². The Morgan fingerprint density at radius 3 is 3.00 bits per heavy atom. The summed E-state index contributed by atoms with van der Waals surface area (Å²) in [6.45, 7) is 2.62. The fourth-order valence-electron chi connectivity index (χ4n) is 4.76. The molecule has 1 saturated heterocycles. The summed E-state index contributed by atoms with van der Waals surface area (Å²) in [6, 6.07) is 4.49. The number of halogens is 1. The number of nitrogens with zero attached hydrogens (tertiary/aromatic N) is 1. The van der Waals surface area contributed by atoms with E-state index in [1.807, 2.05) is 23.9 Å². The summed E-state index contributed by atoms with van der Waals surface area (Å²) < 4.78 is 11.5. The third-order valence-electron chi connectivity index (χ3n) is 6.14. The normalized spacial score (nSPS) is 28.7. The molecule has 2 saturated carbocycles. The third kappa shape index (κ3) is 3.90. The van der Waals surface area contributed by atoms with Crippen LogP contribution in [-0.2, 0) is 11.2 Å². The van der Waals surface area contributed by atoms with Gasteiger partial charge in [0.25, 0.3) is 0 Å². The molecule has 1 spiro atoms. The number of guanidine groups is 1. The van der Waals surface area contributed by atoms with Crippen LogP contribution in [0, 0.1) is 11.3 Å². The van der Waals surface area contributed by atoms with E-state index in [0.717, 1.165) is 43.6 Å². The van der Waals surface area contributed by atoms with Gasteiger partial charge in [-0.15, -0.1) is 24.0 Å². The second-order valence-corrected chi connectivity index (χ2v) is 8.42. The average Bonchev–Trinajstić information content (AvgIpc) is 3.21. The van der Waals surface area contributed by atoms with E-state index in [1.54, 1.807) is 6.26 Å². The van der Waals surface area contributed by atoms with Gasteiger partial charge in [0.2, 0.25) is 0 Å². The minimum atomic E-state index is 0. The standard InChI is InChI=1S/C19H29N3O2S.HI/c1-25-13-10-21-18(20-9-5-14-4-2-11-23-14)22-16-15-6-12-24-17(15)19(16)7-3-8-19;/h2,4,11,15-17H,3,5-10,12-13H2,1H3,(H2,20,21,22);1H. The molecule has 4 rings (SSSR count). The van der Waals surface area contributed by atoms with E-state index in [9.17, 15) is 0 Å². The van der Waals surface area contributed by atoms with Crippen LogP contribution in [0.15, 0.2) is 27.8 Å². The number of fused-ring (bicyclic) bond motifs is 2. The second-order valence-electron chi connectivity index (χ2n) is 7.43. The molecule has 26 heavy (non-hydrogen) atoms. The molecule has 1 aromatic heterocycles. The number of rotatable bonds is 7. The van der Waals surface area contributed by atoms with Gasteiger partial charge in [0.05, 0.1) is 18.9 Å². The monoisotopic (exact) mass is 491 g/mol. The van der Waals surface area contributed by atoms with Gasteiger partial charge in [0.1, 0.15) is 5.76 Å². The molecule has 1 aliphatic heterocycles. The SMILES string of the molecule is CSCCN=C(NCCc1ccco1)NC1C2CCOC2C12CCC2.I. The second kappa shape index (κ2) is 9.19. The van der Waals surface area contributed by atoms with Gasteiger partial charge in [-0.1, -0.05) is 6.42 Å². The van der Waals surface area contributed by atoms with Crippen molar-refractivity contribution in [1.82, 2.24) is 10.6 Å². The summed E-state index contributed by atoms with van der Waals surface area (Å²) in [4.78, 5) is 4.79. The number of nitrogens with one attached hydrogen (secondary N) is 2. The Bertz CT molecular complexity index is 592. The van der Waals surface area contributed by atoms with Crippen LogP contribution in [0.25, 0.3) is 0 Å². The molecule has 3 fully saturated rings. The minimum Gasteiger partial charge on any atom is -0.469 e. The molecule has 0 radical (unpaired) electrons. The summed E-state index contributed by atoms with van der Waals surface area (Å²) in [5.74, 6) is 3.69. The van der Waals surface area contributed by atoms with Gasteiger partial charge >= 0.3 is 0 Å². The van der Waals surface area contributed by atoms with E-state index in [0.29, 0.717) is 23.5 Å². The number of ether oxygens (including phenoxy) is 1. The first kappa shape index (κ1) is 20.3. The molecular formula is C19H30IN3O2S. The van der Waals surface area contributed by atoms with Crippen molar-refractivity contribution < 1.29 is 9.15 Å². The molecule has 1 aromatic rings. The van der Waals surface area contributed by atoms with E-state index in [-0.39, 0.29) is 24.0 Å². The van der Waals surface area contributed by atoms with Gasteiger partial charge in [-0.05, 0) is 37.7 Å². The first-order chi connectivity index (χ1) is 12.3. The van der Waals surface area contributed by atoms with Gasteiger partial charge in [0.15, 0.2) is 5.96 Å². The number of thioether (sulfide) groups is 1. The predicted molar refractivity (Wildman–Crippen MR) is 118 cm³/mol. The van der Waals surface area contributed by atoms with Crippen LogP contribution in [0.3, 0.4) is 0 Å². The van der Waals surface area contributed by atoms with Crippen molar-refractivity contribution in [2.45, 2.75) is 44.2 Å². The van der Waals surface area contributed by atoms with Gasteiger partial charge in [0, 0.05) is 42.7 Å². The van der Waals surface area contributed by atoms with Crippen LogP contribution in [-0.4, -0.2) is 49.8 Å². The number of hydrogen-bond acceptors (Lipinski definition) is 4. The summed E-state index contributed by atoms with van der Waals surface area (Å²) in [5, 5.41) is 7.29. The lowest BCUT2D eigenvalue weighted by Gasteiger charge is -2.63. The maximum atomic E-state index is 6.03. The minimum absolute atomic E-state index is 0. The molecule has 0 aromatic carbocycles. The first-order valence-electron chi connectivity index (χ1n) is 9.51. The summed E-state index contributed by atoms with van der Waals surface area (Å²) in [7, 11) is 0. The zero-order valence-corrected chi connectivity index (χ0v) is 18.6. The fraction of sp³-hybridized carbons (Fsp3) is 0.737. The van der Waals surface area contributed by atoms with Crippen molar-refractivity contribution in [2.24, 2.45) is 16.3 Å². The van der Waals surface area contributed by atoms with E-state index in [1.165, 1.54) is 25.7 Å². The highest BCUT2D eigenvalue weighted by molar-refractivity contribution is 14.0. The van der Waals surface area contributed by atoms with Gasteiger partial charge in [-0.2, -0.15) is 11.8 Å². The Morgan fingerprint density at radius 1 is 1.42 bits per heavy atom. The lowest BCUT2D eigenvalue weighted by molar-refractivity contribution is -0.171. The smallest absolute Gasteiger partial charge is 0.191 e. The maximum Gasteiger partial charge on any atom is 0.191 e. The molecule has 7 heteroatoms. The average molecular weight is 491 g/mol. The van der Waals surface area contributed by atoms with Crippen molar-refractivity contribution >= 4 is 41.7 Å². The van der Waals surface area contributed by atoms with Crippen LogP contribution >= 0.6 is 35.7 Å². The molecule has 0 amide bonds. The van der Waals surface area contributed by atoms with Gasteiger partial charge in [-0.25, -0.2) is 0 Å². The summed E-state index contributed by atoms with van der Waals surface area (Å²) in [5.41, 5.74) is 0.379. The van der Waals surface area contributed by atoms with E-state index in [4.69, 9.17) is 14.1 Å². The van der Waals surface area contributed by atoms with E-state index >= 15 is 0 Å². The Balaban J connectivity index is 0.00000196. The lowest BCUT2D eigenvalue weighted by atomic mass is 9.46. The van der Waals surface area contributed by atoms with Crippen molar-refractivity contribution in [3.8, 4) is 0 Å². The number of furan rings is 1. The van der Waals surface area contributed by atoms with Crippen LogP contribution in [0.4, 0.5) is 0 Å². The number of hydrogen-bond donors (Lipinski definition) is 2. The number of aliphatic imine (C=N–C) groups is 1. The molecule has 0 bridgehead atoms. The van der Waals surface area contributed by atoms with Gasteiger partial charge < -0.3 is 19.8 Å². The lowest BCUT2D eigenvalue weighted by Crippen LogP contribution is -2.72. The molecule has 3 unspecified atom stereocenters. The maximum absolute atomic E-state index is 6.03. The van der Waals surface area contributed by atoms with E-state index in [2.05, 4.69) is 16.9 Å². The van der Waals surface area contributed by atoms with Crippen molar-refractivity contribution in [2.75, 3.05) is 31.7 Å². The van der Waals surface area contributed by atoms with Crippen molar-refractivity contribution in [3.05, 3.63) is 24.2 Å². The molecule has 2 heterocycles. The predicted octanol–water partition coefficient (Wildman–Crippen LogP) is 3.30. The highest BCUT2D eigenvalue weighted by Crippen LogP contribution is 2.62. The zero-order valence-electron chi connectivity index (χ0n) is 15.4. The Hall–Kier alpha value is -0.410. The largest absolute Gasteiger partial charge is 0.469 e. The quantitative estimate of drug-likeness (QED) is 0.265. The topological polar surface area (TPSA) is 58.8 Å². The van der Waals surface area contributed by atoms with Crippen molar-refractivity contribution in [3.63, 3.8) is 0 Å². The first-order valence-corrected chi connectivity index (χ1v) is 10.9. The third-order valence-corrected chi connectivity index (χ3v) is 6.73. The molecule has 146 valence electrons. The fourth-order valence-corrected chi connectivity index (χ4v) is 5.04. The molecular weight excluding hydrogens is 461 g/mol. The van der Waals surface area contributed by atoms with Crippen LogP contribution in [0.2, 0.25) is 0 Å². The Kier molecular flexibility index (Phi) is 7.18. The molecule has 3 atom stereocenters. The molecule has 2 aliphatic carbocycles. The zero-order chi connectivity index (χ0) is 17.1. The molecule has 3 aliphatic rings. The van der Waals surface area contributed by atoms with E-state index < -0.39 is 0 Å². The molecule has 5 nitrogen and oxygen atoms in total.